The maximum absolute atomic E-state index is 4.12. The molecule has 0 aliphatic carbocycles. The van der Waals surface area contributed by atoms with Gasteiger partial charge < -0.3 is 0 Å². The molecule has 0 amide bonds. The molecular formula is C20H15BrN4. The van der Waals surface area contributed by atoms with Gasteiger partial charge in [-0.2, -0.15) is 0 Å². The zero-order valence-electron chi connectivity index (χ0n) is 13.3. The number of tetrazole rings is 1. The lowest BCUT2D eigenvalue weighted by molar-refractivity contribution is 0.571. The average molecular weight is 391 g/mol. The van der Waals surface area contributed by atoms with E-state index in [9.17, 15) is 0 Å². The Morgan fingerprint density at radius 3 is 1.92 bits per heavy atom. The van der Waals surface area contributed by atoms with Crippen LogP contribution in [0.2, 0.25) is 0 Å². The largest absolute Gasteiger partial charge is 0.221 e. The third kappa shape index (κ3) is 3.37. The fourth-order valence-corrected chi connectivity index (χ4v) is 3.18. The molecule has 1 aromatic heterocycles. The highest BCUT2D eigenvalue weighted by Crippen LogP contribution is 2.29. The summed E-state index contributed by atoms with van der Waals surface area (Å²) < 4.78 is 2.83. The topological polar surface area (TPSA) is 43.6 Å². The Balaban J connectivity index is 1.74. The fourth-order valence-electron chi connectivity index (χ4n) is 2.92. The number of hydrogen-bond donors (Lipinski definition) is 0. The molecule has 0 spiro atoms. The van der Waals surface area contributed by atoms with Crippen LogP contribution in [0.5, 0.6) is 0 Å². The molecule has 0 N–H and O–H groups in total. The van der Waals surface area contributed by atoms with Crippen molar-refractivity contribution in [1.82, 2.24) is 20.2 Å². The van der Waals surface area contributed by atoms with E-state index < -0.39 is 0 Å². The van der Waals surface area contributed by atoms with Gasteiger partial charge in [0.25, 0.3) is 0 Å². The van der Waals surface area contributed by atoms with Crippen LogP contribution in [-0.4, -0.2) is 20.2 Å². The fraction of sp³-hybridized carbons (Fsp3) is 0.0500. The highest BCUT2D eigenvalue weighted by atomic mass is 79.9. The van der Waals surface area contributed by atoms with Crippen LogP contribution in [0.25, 0.3) is 11.1 Å². The van der Waals surface area contributed by atoms with Gasteiger partial charge in [-0.15, -0.1) is 5.10 Å². The molecule has 0 aliphatic rings. The van der Waals surface area contributed by atoms with Crippen LogP contribution in [0.3, 0.4) is 0 Å². The van der Waals surface area contributed by atoms with Crippen LogP contribution in [0.4, 0.5) is 0 Å². The van der Waals surface area contributed by atoms with E-state index in [1.807, 2.05) is 18.2 Å². The zero-order valence-corrected chi connectivity index (χ0v) is 14.9. The number of halogens is 1. The van der Waals surface area contributed by atoms with Gasteiger partial charge >= 0.3 is 0 Å². The van der Waals surface area contributed by atoms with Crippen LogP contribution in [0, 0.1) is 0 Å². The molecule has 122 valence electrons. The van der Waals surface area contributed by atoms with Crippen molar-refractivity contribution in [2.45, 2.75) is 6.04 Å². The van der Waals surface area contributed by atoms with Gasteiger partial charge in [0, 0.05) is 4.47 Å². The predicted molar refractivity (Wildman–Crippen MR) is 101 cm³/mol. The summed E-state index contributed by atoms with van der Waals surface area (Å²) in [7, 11) is 0. The van der Waals surface area contributed by atoms with Crippen LogP contribution in [0.1, 0.15) is 17.2 Å². The van der Waals surface area contributed by atoms with Crippen LogP contribution in [-0.2, 0) is 0 Å². The van der Waals surface area contributed by atoms with Crippen LogP contribution < -0.4 is 0 Å². The first kappa shape index (κ1) is 15.7. The molecule has 0 radical (unpaired) electrons. The van der Waals surface area contributed by atoms with Crippen molar-refractivity contribution >= 4 is 15.9 Å². The van der Waals surface area contributed by atoms with Crippen molar-refractivity contribution in [3.63, 3.8) is 0 Å². The summed E-state index contributed by atoms with van der Waals surface area (Å²) in [6.45, 7) is 0. The Hall–Kier alpha value is -2.79. The lowest BCUT2D eigenvalue weighted by atomic mass is 9.96. The van der Waals surface area contributed by atoms with Crippen LogP contribution in [0.15, 0.2) is 89.7 Å². The Bertz CT molecular complexity index is 933. The molecule has 1 atom stereocenters. The molecule has 4 aromatic rings. The van der Waals surface area contributed by atoms with Gasteiger partial charge in [0.05, 0.1) is 0 Å². The smallest absolute Gasteiger partial charge is 0.139 e. The summed E-state index contributed by atoms with van der Waals surface area (Å²) in [5, 5.41) is 11.7. The summed E-state index contributed by atoms with van der Waals surface area (Å²) in [5.41, 5.74) is 4.66. The zero-order chi connectivity index (χ0) is 17.1. The molecule has 0 fully saturated rings. The highest BCUT2D eigenvalue weighted by molar-refractivity contribution is 9.10. The molecule has 0 bridgehead atoms. The maximum atomic E-state index is 4.12. The Morgan fingerprint density at radius 2 is 1.32 bits per heavy atom. The molecule has 4 nitrogen and oxygen atoms in total. The number of aromatic nitrogens is 4. The first-order chi connectivity index (χ1) is 12.3. The molecule has 5 heteroatoms. The maximum Gasteiger partial charge on any atom is 0.139 e. The van der Waals surface area contributed by atoms with Crippen molar-refractivity contribution in [3.8, 4) is 11.1 Å². The van der Waals surface area contributed by atoms with Gasteiger partial charge in [-0.05, 0) is 44.8 Å². The van der Waals surface area contributed by atoms with E-state index in [2.05, 4.69) is 92.1 Å². The molecule has 0 saturated carbocycles. The molecule has 4 rings (SSSR count). The van der Waals surface area contributed by atoms with Gasteiger partial charge in [-0.25, -0.2) is 4.68 Å². The minimum absolute atomic E-state index is 0.0621. The van der Waals surface area contributed by atoms with Gasteiger partial charge in [0.1, 0.15) is 12.4 Å². The third-order valence-corrected chi connectivity index (χ3v) is 4.68. The van der Waals surface area contributed by atoms with E-state index in [1.165, 1.54) is 11.1 Å². The van der Waals surface area contributed by atoms with E-state index >= 15 is 0 Å². The predicted octanol–water partition coefficient (Wildman–Crippen LogP) is 4.74. The summed E-state index contributed by atoms with van der Waals surface area (Å²) in [6.07, 6.45) is 1.65. The molecule has 3 aromatic carbocycles. The van der Waals surface area contributed by atoms with Gasteiger partial charge in [0.2, 0.25) is 0 Å². The summed E-state index contributed by atoms with van der Waals surface area (Å²) in [5.74, 6) is 0. The van der Waals surface area contributed by atoms with E-state index in [4.69, 9.17) is 0 Å². The third-order valence-electron chi connectivity index (χ3n) is 4.15. The van der Waals surface area contributed by atoms with Gasteiger partial charge in [-0.1, -0.05) is 82.7 Å². The highest BCUT2D eigenvalue weighted by Gasteiger charge is 2.17. The first-order valence-electron chi connectivity index (χ1n) is 7.94. The quantitative estimate of drug-likeness (QED) is 0.505. The van der Waals surface area contributed by atoms with Gasteiger partial charge in [-0.3, -0.25) is 0 Å². The Kier molecular flexibility index (Phi) is 4.39. The van der Waals surface area contributed by atoms with E-state index in [0.717, 1.165) is 15.6 Å². The first-order valence-corrected chi connectivity index (χ1v) is 8.74. The second-order valence-corrected chi connectivity index (χ2v) is 6.65. The van der Waals surface area contributed by atoms with Crippen molar-refractivity contribution in [3.05, 3.63) is 101 Å². The van der Waals surface area contributed by atoms with E-state index in [-0.39, 0.29) is 6.04 Å². The number of nitrogens with zero attached hydrogens (tertiary/aromatic N) is 4. The molecule has 1 heterocycles. The lowest BCUT2D eigenvalue weighted by Gasteiger charge is -2.18. The standard InChI is InChI=1S/C20H15BrN4/c21-19-12-10-18(11-13-19)20(25-14-22-23-24-25)17-8-6-16(7-9-17)15-4-2-1-3-5-15/h1-14,20H. The molecule has 25 heavy (non-hydrogen) atoms. The minimum atomic E-state index is -0.0621. The number of hydrogen-bond acceptors (Lipinski definition) is 3. The minimum Gasteiger partial charge on any atom is -0.221 e. The van der Waals surface area contributed by atoms with Gasteiger partial charge in [0.15, 0.2) is 0 Å². The van der Waals surface area contributed by atoms with Crippen molar-refractivity contribution < 1.29 is 0 Å². The Morgan fingerprint density at radius 1 is 0.720 bits per heavy atom. The molecule has 1 unspecified atom stereocenters. The summed E-state index contributed by atoms with van der Waals surface area (Å²) in [4.78, 5) is 0. The summed E-state index contributed by atoms with van der Waals surface area (Å²) in [6, 6.07) is 27.1. The van der Waals surface area contributed by atoms with Crippen molar-refractivity contribution in [1.29, 1.82) is 0 Å². The van der Waals surface area contributed by atoms with Crippen molar-refractivity contribution in [2.24, 2.45) is 0 Å². The number of benzene rings is 3. The van der Waals surface area contributed by atoms with Crippen LogP contribution >= 0.6 is 15.9 Å². The monoisotopic (exact) mass is 390 g/mol. The van der Waals surface area contributed by atoms with E-state index in [0.29, 0.717) is 0 Å². The lowest BCUT2D eigenvalue weighted by Crippen LogP contribution is -2.13. The SMILES string of the molecule is Brc1ccc(C(c2ccc(-c3ccccc3)cc2)n2cnnn2)cc1. The molecule has 0 aliphatic heterocycles. The normalized spacial score (nSPS) is 12.0. The van der Waals surface area contributed by atoms with E-state index in [1.54, 1.807) is 11.0 Å². The number of rotatable bonds is 4. The second kappa shape index (κ2) is 6.99. The summed E-state index contributed by atoms with van der Waals surface area (Å²) >= 11 is 3.49. The molecule has 0 saturated heterocycles. The Labute approximate surface area is 154 Å². The second-order valence-electron chi connectivity index (χ2n) is 5.73. The average Bonchev–Trinajstić information content (AvgIpc) is 3.19. The molecular weight excluding hydrogens is 376 g/mol. The van der Waals surface area contributed by atoms with Crippen molar-refractivity contribution in [2.75, 3.05) is 0 Å².